The Labute approximate surface area is 172 Å². The van der Waals surface area contributed by atoms with Crippen LogP contribution in [0.1, 0.15) is 29.8 Å². The molecule has 0 radical (unpaired) electrons. The number of hydrogen-bond acceptors (Lipinski definition) is 4. The molecule has 2 aromatic rings. The minimum atomic E-state index is -0.191. The Hall–Kier alpha value is -2.57. The fraction of sp³-hybridized carbons (Fsp3) is 0.333. The van der Waals surface area contributed by atoms with Crippen LogP contribution < -0.4 is 15.8 Å². The molecule has 0 unspecified atom stereocenters. The molecule has 0 saturated heterocycles. The molecule has 2 amide bonds. The molecular formula is C21H28ClN3O3. The number of nitrogens with zero attached hydrogens (tertiary/aromatic N) is 1. The molecule has 2 rings (SSSR count). The fourth-order valence-electron chi connectivity index (χ4n) is 2.57. The van der Waals surface area contributed by atoms with Gasteiger partial charge in [0.1, 0.15) is 12.4 Å². The van der Waals surface area contributed by atoms with Gasteiger partial charge in [0.25, 0.3) is 5.91 Å². The number of halogens is 1. The maximum atomic E-state index is 12.4. The molecule has 0 aliphatic carbocycles. The van der Waals surface area contributed by atoms with Crippen molar-refractivity contribution in [3.8, 4) is 5.75 Å². The fourth-order valence-corrected chi connectivity index (χ4v) is 2.57. The second kappa shape index (κ2) is 11.3. The molecule has 152 valence electrons. The van der Waals surface area contributed by atoms with Gasteiger partial charge in [-0.05, 0) is 42.0 Å². The molecule has 0 aromatic heterocycles. The molecule has 0 saturated carbocycles. The second-order valence-corrected chi connectivity index (χ2v) is 6.66. The van der Waals surface area contributed by atoms with E-state index in [-0.39, 0.29) is 30.1 Å². The molecule has 0 aliphatic heterocycles. The number of carbonyl (C=O) groups excluding carboxylic acids is 2. The van der Waals surface area contributed by atoms with Gasteiger partial charge in [0.2, 0.25) is 5.91 Å². The highest BCUT2D eigenvalue weighted by molar-refractivity contribution is 6.04. The first kappa shape index (κ1) is 23.5. The highest BCUT2D eigenvalue weighted by Gasteiger charge is 2.13. The number of hydrogen-bond donors (Lipinski definition) is 2. The second-order valence-electron chi connectivity index (χ2n) is 6.66. The van der Waals surface area contributed by atoms with Gasteiger partial charge in [0.15, 0.2) is 0 Å². The molecule has 0 atom stereocenters. The van der Waals surface area contributed by atoms with Crippen molar-refractivity contribution in [3.63, 3.8) is 0 Å². The normalized spacial score (nSPS) is 10.2. The van der Waals surface area contributed by atoms with Crippen molar-refractivity contribution in [2.75, 3.05) is 25.5 Å². The first-order valence-corrected chi connectivity index (χ1v) is 8.99. The Morgan fingerprint density at radius 2 is 1.68 bits per heavy atom. The lowest BCUT2D eigenvalue weighted by Crippen LogP contribution is -2.29. The topological polar surface area (TPSA) is 84.7 Å². The maximum absolute atomic E-state index is 12.4. The third-order valence-electron chi connectivity index (χ3n) is 4.00. The van der Waals surface area contributed by atoms with E-state index < -0.39 is 0 Å². The molecule has 6 nitrogen and oxygen atoms in total. The van der Waals surface area contributed by atoms with Crippen molar-refractivity contribution in [3.05, 3.63) is 59.7 Å². The summed E-state index contributed by atoms with van der Waals surface area (Å²) in [6.45, 7) is 5.18. The Morgan fingerprint density at radius 1 is 1.07 bits per heavy atom. The summed E-state index contributed by atoms with van der Waals surface area (Å²) in [6.07, 6.45) is 0. The smallest absolute Gasteiger partial charge is 0.255 e. The molecule has 28 heavy (non-hydrogen) atoms. The zero-order valence-corrected chi connectivity index (χ0v) is 17.3. The lowest BCUT2D eigenvalue weighted by atomic mass is 10.1. The Bertz CT molecular complexity index is 761. The molecule has 0 heterocycles. The van der Waals surface area contributed by atoms with Gasteiger partial charge >= 0.3 is 0 Å². The quantitative estimate of drug-likeness (QED) is 0.705. The number of nitrogens with two attached hydrogens (primary N) is 1. The molecule has 0 spiro atoms. The van der Waals surface area contributed by atoms with E-state index in [2.05, 4.69) is 5.32 Å². The largest absolute Gasteiger partial charge is 0.492 e. The van der Waals surface area contributed by atoms with Crippen LogP contribution in [0.5, 0.6) is 5.75 Å². The number of rotatable bonds is 8. The lowest BCUT2D eigenvalue weighted by Gasteiger charge is -2.19. The summed E-state index contributed by atoms with van der Waals surface area (Å²) in [5.74, 6) is 0.578. The van der Waals surface area contributed by atoms with Crippen LogP contribution >= 0.6 is 12.4 Å². The van der Waals surface area contributed by atoms with Crippen LogP contribution in [-0.4, -0.2) is 36.9 Å². The van der Waals surface area contributed by atoms with E-state index >= 15 is 0 Å². The summed E-state index contributed by atoms with van der Waals surface area (Å²) in [5.41, 5.74) is 7.62. The van der Waals surface area contributed by atoms with Crippen molar-refractivity contribution >= 4 is 29.9 Å². The Balaban J connectivity index is 0.00000392. The number of nitrogens with one attached hydrogen (secondary N) is 1. The summed E-state index contributed by atoms with van der Waals surface area (Å²) < 4.78 is 5.41. The number of amides is 2. The molecular weight excluding hydrogens is 378 g/mol. The SMILES string of the molecule is CC(C)C(=O)N(C)Cc1ccc(C(=O)Nc2ccc(OCCN)cc2)cc1.Cl. The first-order chi connectivity index (χ1) is 12.9. The number of benzene rings is 2. The van der Waals surface area contributed by atoms with Crippen molar-refractivity contribution < 1.29 is 14.3 Å². The summed E-state index contributed by atoms with van der Waals surface area (Å²) in [5, 5.41) is 2.85. The predicted octanol–water partition coefficient (Wildman–Crippen LogP) is 3.31. The van der Waals surface area contributed by atoms with Gasteiger partial charge in [-0.2, -0.15) is 0 Å². The number of anilines is 1. The summed E-state index contributed by atoms with van der Waals surface area (Å²) >= 11 is 0. The van der Waals surface area contributed by atoms with Crippen LogP contribution in [0, 0.1) is 5.92 Å². The van der Waals surface area contributed by atoms with Crippen LogP contribution in [-0.2, 0) is 11.3 Å². The van der Waals surface area contributed by atoms with Crippen molar-refractivity contribution in [2.45, 2.75) is 20.4 Å². The Morgan fingerprint density at radius 3 is 2.21 bits per heavy atom. The van der Waals surface area contributed by atoms with E-state index in [4.69, 9.17) is 10.5 Å². The van der Waals surface area contributed by atoms with Crippen molar-refractivity contribution in [2.24, 2.45) is 11.7 Å². The average molecular weight is 406 g/mol. The summed E-state index contributed by atoms with van der Waals surface area (Å²) in [6, 6.07) is 14.4. The van der Waals surface area contributed by atoms with Gasteiger partial charge in [-0.25, -0.2) is 0 Å². The highest BCUT2D eigenvalue weighted by Crippen LogP contribution is 2.17. The number of carbonyl (C=O) groups is 2. The predicted molar refractivity (Wildman–Crippen MR) is 114 cm³/mol. The monoisotopic (exact) mass is 405 g/mol. The van der Waals surface area contributed by atoms with Gasteiger partial charge in [-0.3, -0.25) is 9.59 Å². The van der Waals surface area contributed by atoms with Gasteiger partial charge in [-0.15, -0.1) is 12.4 Å². The zero-order chi connectivity index (χ0) is 19.8. The zero-order valence-electron chi connectivity index (χ0n) is 16.5. The first-order valence-electron chi connectivity index (χ1n) is 8.99. The minimum absolute atomic E-state index is 0. The van der Waals surface area contributed by atoms with Crippen LogP contribution in [0.4, 0.5) is 5.69 Å². The molecule has 2 aromatic carbocycles. The van der Waals surface area contributed by atoms with E-state index in [9.17, 15) is 9.59 Å². The number of ether oxygens (including phenoxy) is 1. The average Bonchev–Trinajstić information content (AvgIpc) is 2.67. The van der Waals surface area contributed by atoms with Gasteiger partial charge < -0.3 is 20.7 Å². The Kier molecular flexibility index (Phi) is 9.48. The third-order valence-corrected chi connectivity index (χ3v) is 4.00. The van der Waals surface area contributed by atoms with Crippen molar-refractivity contribution in [1.29, 1.82) is 0 Å². The van der Waals surface area contributed by atoms with E-state index in [1.54, 1.807) is 48.3 Å². The minimum Gasteiger partial charge on any atom is -0.492 e. The van der Waals surface area contributed by atoms with Crippen LogP contribution in [0.25, 0.3) is 0 Å². The van der Waals surface area contributed by atoms with Gasteiger partial charge in [0, 0.05) is 37.3 Å². The van der Waals surface area contributed by atoms with E-state index in [1.807, 2.05) is 26.0 Å². The van der Waals surface area contributed by atoms with E-state index in [0.717, 1.165) is 5.56 Å². The summed E-state index contributed by atoms with van der Waals surface area (Å²) in [4.78, 5) is 26.0. The van der Waals surface area contributed by atoms with Gasteiger partial charge in [-0.1, -0.05) is 26.0 Å². The third kappa shape index (κ3) is 6.87. The van der Waals surface area contributed by atoms with E-state index in [1.165, 1.54) is 0 Å². The molecule has 0 fully saturated rings. The molecule has 0 aliphatic rings. The van der Waals surface area contributed by atoms with Gasteiger partial charge in [0.05, 0.1) is 0 Å². The van der Waals surface area contributed by atoms with Crippen molar-refractivity contribution in [1.82, 2.24) is 4.90 Å². The van der Waals surface area contributed by atoms with Crippen LogP contribution in [0.15, 0.2) is 48.5 Å². The van der Waals surface area contributed by atoms with E-state index in [0.29, 0.717) is 36.7 Å². The lowest BCUT2D eigenvalue weighted by molar-refractivity contribution is -0.133. The highest BCUT2D eigenvalue weighted by atomic mass is 35.5. The van der Waals surface area contributed by atoms with Crippen LogP contribution in [0.2, 0.25) is 0 Å². The molecule has 7 heteroatoms. The standard InChI is InChI=1S/C21H27N3O3.ClH/c1-15(2)21(26)24(3)14-16-4-6-17(7-5-16)20(25)23-18-8-10-19(11-9-18)27-13-12-22;/h4-11,15H,12-14,22H2,1-3H3,(H,23,25);1H. The van der Waals surface area contributed by atoms with Crippen LogP contribution in [0.3, 0.4) is 0 Å². The molecule has 3 N–H and O–H groups in total. The summed E-state index contributed by atoms with van der Waals surface area (Å²) in [7, 11) is 1.78. The molecule has 0 bridgehead atoms. The maximum Gasteiger partial charge on any atom is 0.255 e.